The lowest BCUT2D eigenvalue weighted by molar-refractivity contribution is -0.189. The predicted molar refractivity (Wildman–Crippen MR) is 125 cm³/mol. The quantitative estimate of drug-likeness (QED) is 0.712. The Morgan fingerprint density at radius 2 is 2.00 bits per heavy atom. The number of hydrogen-bond acceptors (Lipinski definition) is 5. The lowest BCUT2D eigenvalue weighted by Gasteiger charge is -2.53. The van der Waals surface area contributed by atoms with E-state index in [1.165, 1.54) is 5.56 Å². The van der Waals surface area contributed by atoms with Gasteiger partial charge in [-0.15, -0.1) is 0 Å². The molecule has 0 spiro atoms. The van der Waals surface area contributed by atoms with Crippen molar-refractivity contribution in [2.24, 2.45) is 11.8 Å². The molecule has 3 heterocycles. The number of benzene rings is 1. The van der Waals surface area contributed by atoms with Gasteiger partial charge in [-0.25, -0.2) is 4.79 Å². The Bertz CT molecular complexity index is 922. The summed E-state index contributed by atoms with van der Waals surface area (Å²) >= 11 is 0. The number of ether oxygens (including phenoxy) is 3. The molecule has 33 heavy (non-hydrogen) atoms. The Labute approximate surface area is 197 Å². The zero-order valence-corrected chi connectivity index (χ0v) is 20.9. The molecule has 1 aromatic rings. The lowest BCUT2D eigenvalue weighted by Crippen LogP contribution is -2.58. The van der Waals surface area contributed by atoms with Crippen molar-refractivity contribution in [1.29, 1.82) is 0 Å². The zero-order chi connectivity index (χ0) is 24.1. The number of amides is 2. The van der Waals surface area contributed by atoms with Gasteiger partial charge >= 0.3 is 6.09 Å². The third-order valence-corrected chi connectivity index (χ3v) is 7.06. The average molecular weight is 459 g/mol. The van der Waals surface area contributed by atoms with Gasteiger partial charge in [0.1, 0.15) is 23.0 Å². The van der Waals surface area contributed by atoms with E-state index in [0.717, 1.165) is 24.2 Å². The van der Waals surface area contributed by atoms with E-state index in [9.17, 15) is 9.59 Å². The first-order chi connectivity index (χ1) is 15.3. The summed E-state index contributed by atoms with van der Waals surface area (Å²) in [5.74, 6) is 1.30. The van der Waals surface area contributed by atoms with Crippen LogP contribution in [-0.4, -0.2) is 53.3 Å². The number of carbonyl (C=O) groups is 2. The predicted octanol–water partition coefficient (Wildman–Crippen LogP) is 4.37. The van der Waals surface area contributed by atoms with Gasteiger partial charge in [-0.1, -0.05) is 12.1 Å². The van der Waals surface area contributed by atoms with Crippen LogP contribution in [0.1, 0.15) is 71.6 Å². The molecule has 0 aromatic heterocycles. The molecule has 0 saturated carbocycles. The molecule has 3 aliphatic heterocycles. The number of hydrogen-bond donors (Lipinski definition) is 1. The molecule has 2 fully saturated rings. The third kappa shape index (κ3) is 4.98. The molecule has 2 amide bonds. The number of alkyl carbamates (subject to hydrolysis) is 1. The molecule has 7 nitrogen and oxygen atoms in total. The molecule has 2 saturated heterocycles. The minimum Gasteiger partial charge on any atom is -0.487 e. The number of likely N-dealkylation sites (tertiary alicyclic amines) is 1. The molecule has 1 aromatic carbocycles. The maximum atomic E-state index is 13.1. The lowest BCUT2D eigenvalue weighted by atomic mass is 9.70. The molecule has 3 aliphatic rings. The first kappa shape index (κ1) is 23.9. The van der Waals surface area contributed by atoms with Crippen molar-refractivity contribution in [3.8, 4) is 5.75 Å². The highest BCUT2D eigenvalue weighted by Gasteiger charge is 2.51. The summed E-state index contributed by atoms with van der Waals surface area (Å²) in [6.07, 6.45) is 1.29. The fourth-order valence-electron chi connectivity index (χ4n) is 5.43. The summed E-state index contributed by atoms with van der Waals surface area (Å²) < 4.78 is 18.4. The van der Waals surface area contributed by atoms with Gasteiger partial charge in [-0.2, -0.15) is 0 Å². The highest BCUT2D eigenvalue weighted by molar-refractivity contribution is 5.85. The minimum absolute atomic E-state index is 0.0145. The highest BCUT2D eigenvalue weighted by Crippen LogP contribution is 2.53. The molecule has 0 radical (unpaired) electrons. The van der Waals surface area contributed by atoms with Crippen molar-refractivity contribution < 1.29 is 23.8 Å². The van der Waals surface area contributed by atoms with Crippen LogP contribution in [0.2, 0.25) is 0 Å². The van der Waals surface area contributed by atoms with Gasteiger partial charge in [0, 0.05) is 30.5 Å². The summed E-state index contributed by atoms with van der Waals surface area (Å²) in [6, 6.07) is 5.72. The summed E-state index contributed by atoms with van der Waals surface area (Å²) in [4.78, 5) is 27.0. The number of carbonyl (C=O) groups excluding carboxylic acids is 2. The van der Waals surface area contributed by atoms with Gasteiger partial charge in [0.2, 0.25) is 5.91 Å². The van der Waals surface area contributed by atoms with Crippen LogP contribution in [-0.2, 0) is 14.3 Å². The monoisotopic (exact) mass is 458 g/mol. The Balaban J connectivity index is 1.43. The van der Waals surface area contributed by atoms with Gasteiger partial charge in [0.25, 0.3) is 0 Å². The fraction of sp³-hybridized carbons (Fsp3) is 0.692. The summed E-state index contributed by atoms with van der Waals surface area (Å²) in [6.45, 7) is 14.7. The third-order valence-electron chi connectivity index (χ3n) is 7.06. The standard InChI is InChI=1S/C26H38N2O5/c1-15-8-9-18-21(12-15)32-26(6,7)19-13-17-14-28(11-10-20(17)31-22(18)19)23(29)16(2)27-24(30)33-25(3,4)5/h8-9,12,16-17,19-20,22H,10-11,13-14H2,1-7H3,(H,27,30)/t16-,17-,19+,20+,22-/m1/s1. The molecule has 5 atom stereocenters. The first-order valence-electron chi connectivity index (χ1n) is 12.1. The second kappa shape index (κ2) is 8.49. The average Bonchev–Trinajstić information content (AvgIpc) is 2.69. The SMILES string of the molecule is Cc1ccc2c(c1)OC(C)(C)[C@H]1C[C@@H]3CN(C(=O)[C@@H](C)NC(=O)OC(C)(C)C)CC[C@@H]3O[C@H]21. The zero-order valence-electron chi connectivity index (χ0n) is 20.9. The van der Waals surface area contributed by atoms with Crippen molar-refractivity contribution in [3.63, 3.8) is 0 Å². The molecule has 4 rings (SSSR count). The van der Waals surface area contributed by atoms with Gasteiger partial charge < -0.3 is 24.4 Å². The number of piperidine rings is 1. The maximum absolute atomic E-state index is 13.1. The first-order valence-corrected chi connectivity index (χ1v) is 12.1. The smallest absolute Gasteiger partial charge is 0.408 e. The van der Waals surface area contributed by atoms with E-state index in [1.54, 1.807) is 27.7 Å². The van der Waals surface area contributed by atoms with Crippen LogP contribution in [0.4, 0.5) is 4.79 Å². The summed E-state index contributed by atoms with van der Waals surface area (Å²) in [5.41, 5.74) is 1.36. The van der Waals surface area contributed by atoms with Crippen molar-refractivity contribution in [1.82, 2.24) is 10.2 Å². The van der Waals surface area contributed by atoms with E-state index in [0.29, 0.717) is 13.1 Å². The number of nitrogens with zero attached hydrogens (tertiary/aromatic N) is 1. The van der Waals surface area contributed by atoms with E-state index in [2.05, 4.69) is 44.3 Å². The summed E-state index contributed by atoms with van der Waals surface area (Å²) in [7, 11) is 0. The van der Waals surface area contributed by atoms with Crippen molar-refractivity contribution in [2.75, 3.05) is 13.1 Å². The van der Waals surface area contributed by atoms with Crippen molar-refractivity contribution in [2.45, 2.75) is 90.8 Å². The molecule has 0 aliphatic carbocycles. The van der Waals surface area contributed by atoms with E-state index >= 15 is 0 Å². The van der Waals surface area contributed by atoms with Gasteiger partial charge in [-0.05, 0) is 72.9 Å². The number of aryl methyl sites for hydroxylation is 1. The Hall–Kier alpha value is -2.28. The van der Waals surface area contributed by atoms with E-state index in [4.69, 9.17) is 14.2 Å². The summed E-state index contributed by atoms with van der Waals surface area (Å²) in [5, 5.41) is 2.68. The second-order valence-corrected chi connectivity index (χ2v) is 11.4. The van der Waals surface area contributed by atoms with Crippen molar-refractivity contribution in [3.05, 3.63) is 29.3 Å². The highest BCUT2D eigenvalue weighted by atomic mass is 16.6. The molecular weight excluding hydrogens is 420 g/mol. The topological polar surface area (TPSA) is 77.1 Å². The largest absolute Gasteiger partial charge is 0.487 e. The van der Waals surface area contributed by atoms with Crippen LogP contribution in [0.5, 0.6) is 5.75 Å². The molecule has 1 N–H and O–H groups in total. The Kier molecular flexibility index (Phi) is 6.14. The molecule has 182 valence electrons. The maximum Gasteiger partial charge on any atom is 0.408 e. The minimum atomic E-state index is -0.641. The van der Waals surface area contributed by atoms with Crippen molar-refractivity contribution >= 4 is 12.0 Å². The van der Waals surface area contributed by atoms with Gasteiger partial charge in [0.05, 0.1) is 12.2 Å². The molecular formula is C26H38N2O5. The number of rotatable bonds is 2. The van der Waals surface area contributed by atoms with Gasteiger partial charge in [0.15, 0.2) is 0 Å². The Morgan fingerprint density at radius 1 is 1.27 bits per heavy atom. The van der Waals surface area contributed by atoms with Crippen LogP contribution in [0.15, 0.2) is 18.2 Å². The van der Waals surface area contributed by atoms with Crippen LogP contribution < -0.4 is 10.1 Å². The number of nitrogens with one attached hydrogen (secondary N) is 1. The van der Waals surface area contributed by atoms with Gasteiger partial charge in [-0.3, -0.25) is 4.79 Å². The van der Waals surface area contributed by atoms with E-state index in [1.807, 2.05) is 4.90 Å². The number of fused-ring (bicyclic) bond motifs is 4. The normalized spacial score (nSPS) is 29.0. The second-order valence-electron chi connectivity index (χ2n) is 11.4. The fourth-order valence-corrected chi connectivity index (χ4v) is 5.43. The van der Waals surface area contributed by atoms with Crippen LogP contribution in [0, 0.1) is 18.8 Å². The molecule has 0 unspecified atom stereocenters. The van der Waals surface area contributed by atoms with E-state index < -0.39 is 17.7 Å². The molecule has 0 bridgehead atoms. The Morgan fingerprint density at radius 3 is 2.70 bits per heavy atom. The van der Waals surface area contributed by atoms with Crippen LogP contribution in [0.3, 0.4) is 0 Å². The molecule has 7 heteroatoms. The van der Waals surface area contributed by atoms with Crippen LogP contribution in [0.25, 0.3) is 0 Å². The van der Waals surface area contributed by atoms with E-state index in [-0.39, 0.29) is 35.6 Å². The van der Waals surface area contributed by atoms with Crippen LogP contribution >= 0.6 is 0 Å².